The lowest BCUT2D eigenvalue weighted by molar-refractivity contribution is 0.289. The largest absolute Gasteiger partial charge is 0.309 e. The van der Waals surface area contributed by atoms with Crippen LogP contribution in [0.5, 0.6) is 0 Å². The van der Waals surface area contributed by atoms with Gasteiger partial charge in [-0.2, -0.15) is 0 Å². The molecule has 0 saturated heterocycles. The second-order valence-corrected chi connectivity index (χ2v) is 6.06. The van der Waals surface area contributed by atoms with Crippen LogP contribution in [-0.2, 0) is 6.54 Å². The van der Waals surface area contributed by atoms with Crippen molar-refractivity contribution in [1.29, 1.82) is 0 Å². The molecule has 7 heteroatoms. The van der Waals surface area contributed by atoms with Crippen molar-refractivity contribution in [1.82, 2.24) is 19.8 Å². The molecule has 2 rings (SSSR count). The molecule has 0 saturated carbocycles. The van der Waals surface area contributed by atoms with Crippen molar-refractivity contribution in [3.05, 3.63) is 17.3 Å². The van der Waals surface area contributed by atoms with E-state index in [0.717, 1.165) is 42.1 Å². The number of anilines is 1. The van der Waals surface area contributed by atoms with Gasteiger partial charge in [0.1, 0.15) is 10.7 Å². The number of nitrogens with two attached hydrogens (primary N) is 1. The number of hydrogen-bond donors (Lipinski definition) is 2. The third kappa shape index (κ3) is 3.86. The number of fused-ring (bicyclic) bond motifs is 1. The summed E-state index contributed by atoms with van der Waals surface area (Å²) in [5, 5.41) is 2.99. The van der Waals surface area contributed by atoms with E-state index in [9.17, 15) is 0 Å². The molecule has 6 nitrogen and oxygen atoms in total. The van der Waals surface area contributed by atoms with Gasteiger partial charge in [0, 0.05) is 0 Å². The minimum Gasteiger partial charge on any atom is -0.309 e. The number of nitrogens with zero attached hydrogens (tertiary/aromatic N) is 4. The molecule has 2 heterocycles. The molecule has 0 atom stereocenters. The van der Waals surface area contributed by atoms with Crippen molar-refractivity contribution < 1.29 is 0 Å². The lowest BCUT2D eigenvalue weighted by Gasteiger charge is -2.17. The summed E-state index contributed by atoms with van der Waals surface area (Å²) in [6, 6.07) is 1.99. The van der Waals surface area contributed by atoms with E-state index in [1.54, 1.807) is 11.3 Å². The van der Waals surface area contributed by atoms with E-state index in [4.69, 9.17) is 5.84 Å². The smallest absolute Gasteiger partial charge is 0.152 e. The highest BCUT2D eigenvalue weighted by Crippen LogP contribution is 2.24. The van der Waals surface area contributed by atoms with E-state index in [0.29, 0.717) is 5.82 Å². The lowest BCUT2D eigenvalue weighted by Crippen LogP contribution is -2.24. The molecule has 0 bridgehead atoms. The van der Waals surface area contributed by atoms with Crippen molar-refractivity contribution in [3.63, 3.8) is 0 Å². The fourth-order valence-corrected chi connectivity index (χ4v) is 2.84. The summed E-state index contributed by atoms with van der Waals surface area (Å²) in [5.41, 5.74) is 2.66. The van der Waals surface area contributed by atoms with Gasteiger partial charge in [0.25, 0.3) is 0 Å². The lowest BCUT2D eigenvalue weighted by atomic mass is 10.3. The molecular formula is C13H22N6S. The fourth-order valence-electron chi connectivity index (χ4n) is 2.06. The maximum atomic E-state index is 5.53. The molecule has 0 aliphatic heterocycles. The summed E-state index contributed by atoms with van der Waals surface area (Å²) in [6.07, 6.45) is 1.13. The SMILES string of the molecule is CN(C)CCCN(C)Cc1nc(NN)c2ccsc2n1. The zero-order valence-electron chi connectivity index (χ0n) is 12.3. The van der Waals surface area contributed by atoms with Crippen molar-refractivity contribution in [3.8, 4) is 0 Å². The van der Waals surface area contributed by atoms with E-state index in [1.165, 1.54) is 0 Å². The molecule has 0 spiro atoms. The summed E-state index contributed by atoms with van der Waals surface area (Å²) < 4.78 is 0. The van der Waals surface area contributed by atoms with Gasteiger partial charge in [-0.1, -0.05) is 0 Å². The van der Waals surface area contributed by atoms with Gasteiger partial charge in [-0.25, -0.2) is 15.8 Å². The number of aromatic nitrogens is 2. The molecule has 0 unspecified atom stereocenters. The molecule has 20 heavy (non-hydrogen) atoms. The second-order valence-electron chi connectivity index (χ2n) is 5.17. The van der Waals surface area contributed by atoms with Crippen LogP contribution in [0.2, 0.25) is 0 Å². The van der Waals surface area contributed by atoms with Crippen LogP contribution in [0.1, 0.15) is 12.2 Å². The minimum absolute atomic E-state index is 0.702. The Morgan fingerprint density at radius 2 is 2.05 bits per heavy atom. The van der Waals surface area contributed by atoms with Crippen LogP contribution in [0.3, 0.4) is 0 Å². The highest BCUT2D eigenvalue weighted by atomic mass is 32.1. The predicted octanol–water partition coefficient (Wildman–Crippen LogP) is 1.36. The van der Waals surface area contributed by atoms with Gasteiger partial charge in [0.15, 0.2) is 5.82 Å². The molecule has 0 radical (unpaired) electrons. The van der Waals surface area contributed by atoms with Crippen molar-refractivity contribution in [2.45, 2.75) is 13.0 Å². The van der Waals surface area contributed by atoms with Gasteiger partial charge >= 0.3 is 0 Å². The Hall–Kier alpha value is -1.28. The zero-order chi connectivity index (χ0) is 14.5. The van der Waals surface area contributed by atoms with Crippen molar-refractivity contribution >= 4 is 27.4 Å². The van der Waals surface area contributed by atoms with Gasteiger partial charge in [-0.3, -0.25) is 4.90 Å². The summed E-state index contributed by atoms with van der Waals surface area (Å²) in [6.45, 7) is 2.84. The first kappa shape index (κ1) is 15.1. The third-order valence-corrected chi connectivity index (χ3v) is 3.87. The maximum absolute atomic E-state index is 5.53. The first-order chi connectivity index (χ1) is 9.60. The van der Waals surface area contributed by atoms with Crippen molar-refractivity contribution in [2.75, 3.05) is 39.7 Å². The van der Waals surface area contributed by atoms with Crippen LogP contribution < -0.4 is 11.3 Å². The van der Waals surface area contributed by atoms with Crippen LogP contribution in [0.4, 0.5) is 5.82 Å². The van der Waals surface area contributed by atoms with Crippen molar-refractivity contribution in [2.24, 2.45) is 5.84 Å². The summed E-state index contributed by atoms with van der Waals surface area (Å²) >= 11 is 1.61. The molecule has 0 aliphatic carbocycles. The molecule has 0 fully saturated rings. The fraction of sp³-hybridized carbons (Fsp3) is 0.538. The van der Waals surface area contributed by atoms with Crippen LogP contribution in [0.15, 0.2) is 11.4 Å². The number of thiophene rings is 1. The van der Waals surface area contributed by atoms with E-state index < -0.39 is 0 Å². The summed E-state index contributed by atoms with van der Waals surface area (Å²) in [4.78, 5) is 14.5. The van der Waals surface area contributed by atoms with E-state index in [1.807, 2.05) is 11.4 Å². The van der Waals surface area contributed by atoms with Gasteiger partial charge in [-0.15, -0.1) is 11.3 Å². The molecule has 2 aromatic heterocycles. The molecule has 0 aromatic carbocycles. The summed E-state index contributed by atoms with van der Waals surface area (Å²) in [5.74, 6) is 7.04. The molecule has 2 aromatic rings. The number of nitrogen functional groups attached to an aromatic ring is 1. The second kappa shape index (κ2) is 6.94. The number of nitrogens with one attached hydrogen (secondary N) is 1. The Morgan fingerprint density at radius 3 is 2.75 bits per heavy atom. The number of hydrazine groups is 1. The molecular weight excluding hydrogens is 272 g/mol. The predicted molar refractivity (Wildman–Crippen MR) is 84.7 cm³/mol. The third-order valence-electron chi connectivity index (χ3n) is 3.06. The maximum Gasteiger partial charge on any atom is 0.152 e. The Morgan fingerprint density at radius 1 is 1.25 bits per heavy atom. The van der Waals surface area contributed by atoms with Gasteiger partial charge < -0.3 is 10.3 Å². The summed E-state index contributed by atoms with van der Waals surface area (Å²) in [7, 11) is 6.27. The molecule has 110 valence electrons. The van der Waals surface area contributed by atoms with Crippen LogP contribution >= 0.6 is 11.3 Å². The number of rotatable bonds is 7. The van der Waals surface area contributed by atoms with Gasteiger partial charge in [0.05, 0.1) is 11.9 Å². The van der Waals surface area contributed by atoms with E-state index in [2.05, 4.69) is 46.3 Å². The molecule has 0 aliphatic rings. The molecule has 0 amide bonds. The Balaban J connectivity index is 2.01. The zero-order valence-corrected chi connectivity index (χ0v) is 13.1. The highest BCUT2D eigenvalue weighted by Gasteiger charge is 2.09. The Labute approximate surface area is 123 Å². The normalized spacial score (nSPS) is 11.7. The van der Waals surface area contributed by atoms with E-state index in [-0.39, 0.29) is 0 Å². The first-order valence-corrected chi connectivity index (χ1v) is 7.52. The molecule has 3 N–H and O–H groups in total. The van der Waals surface area contributed by atoms with E-state index >= 15 is 0 Å². The first-order valence-electron chi connectivity index (χ1n) is 6.64. The Bertz CT molecular complexity index is 553. The minimum atomic E-state index is 0.702. The average molecular weight is 294 g/mol. The quantitative estimate of drug-likeness (QED) is 0.593. The average Bonchev–Trinajstić information content (AvgIpc) is 2.85. The van der Waals surface area contributed by atoms with Crippen LogP contribution in [0, 0.1) is 0 Å². The highest BCUT2D eigenvalue weighted by molar-refractivity contribution is 7.16. The van der Waals surface area contributed by atoms with Gasteiger partial charge in [-0.05, 0) is 52.1 Å². The van der Waals surface area contributed by atoms with Crippen LogP contribution in [0.25, 0.3) is 10.2 Å². The monoisotopic (exact) mass is 294 g/mol. The standard InChI is InChI=1S/C13H22N6S/c1-18(2)6-4-7-19(3)9-11-15-12(17-14)10-5-8-20-13(10)16-11/h5,8H,4,6-7,9,14H2,1-3H3,(H,15,16,17). The topological polar surface area (TPSA) is 70.3 Å². The van der Waals surface area contributed by atoms with Gasteiger partial charge in [0.2, 0.25) is 0 Å². The van der Waals surface area contributed by atoms with Crippen LogP contribution in [-0.4, -0.2) is 54.0 Å². The number of hydrogen-bond acceptors (Lipinski definition) is 7. The Kier molecular flexibility index (Phi) is 5.24.